The van der Waals surface area contributed by atoms with Crippen LogP contribution in [-0.2, 0) is 13.0 Å². The van der Waals surface area contributed by atoms with Gasteiger partial charge in [-0.1, -0.05) is 6.07 Å². The van der Waals surface area contributed by atoms with Crippen LogP contribution in [-0.4, -0.2) is 73.8 Å². The Morgan fingerprint density at radius 3 is 2.43 bits per heavy atom. The van der Waals surface area contributed by atoms with Crippen LogP contribution in [0.15, 0.2) is 66.9 Å². The highest BCUT2D eigenvalue weighted by molar-refractivity contribution is 6.05. The number of hydrogen-bond acceptors (Lipinski definition) is 9. The molecule has 1 fully saturated rings. The van der Waals surface area contributed by atoms with Crippen molar-refractivity contribution in [1.82, 2.24) is 14.9 Å². The summed E-state index contributed by atoms with van der Waals surface area (Å²) in [6, 6.07) is 19.8. The summed E-state index contributed by atoms with van der Waals surface area (Å²) >= 11 is 0. The zero-order valence-electron chi connectivity index (χ0n) is 25.2. The summed E-state index contributed by atoms with van der Waals surface area (Å²) in [5.74, 6) is 1.69. The fourth-order valence-electron chi connectivity index (χ4n) is 5.95. The molecule has 7 rings (SSSR count). The molecule has 0 spiro atoms. The van der Waals surface area contributed by atoms with Crippen LogP contribution in [0.5, 0.6) is 11.5 Å². The number of anilines is 5. The molecular formula is C34H37N7O3. The lowest BCUT2D eigenvalue weighted by Crippen LogP contribution is -2.44. The molecule has 44 heavy (non-hydrogen) atoms. The number of likely N-dealkylation sites (N-methyl/N-ethyl adjacent to an activating group) is 1. The molecule has 0 unspecified atom stereocenters. The lowest BCUT2D eigenvalue weighted by molar-refractivity contribution is 0.102. The SMILES string of the molecule is Cc1ccc(NC(=O)c2ccc3c(c2)OCCO3)cc1N1CCc2nc(Nc3ccc(N4CCN(C)CC4)cc3)ncc2C1. The van der Waals surface area contributed by atoms with Crippen LogP contribution in [0.2, 0.25) is 0 Å². The monoisotopic (exact) mass is 591 g/mol. The Morgan fingerprint density at radius 1 is 0.841 bits per heavy atom. The van der Waals surface area contributed by atoms with E-state index in [1.54, 1.807) is 18.2 Å². The lowest BCUT2D eigenvalue weighted by atomic mass is 10.0. The number of amides is 1. The highest BCUT2D eigenvalue weighted by Gasteiger charge is 2.22. The molecule has 2 N–H and O–H groups in total. The van der Waals surface area contributed by atoms with Gasteiger partial charge in [-0.25, -0.2) is 9.97 Å². The predicted molar refractivity (Wildman–Crippen MR) is 173 cm³/mol. The van der Waals surface area contributed by atoms with Crippen LogP contribution in [0.3, 0.4) is 0 Å². The number of hydrogen-bond donors (Lipinski definition) is 2. The molecule has 226 valence electrons. The summed E-state index contributed by atoms with van der Waals surface area (Å²) in [6.45, 7) is 8.89. The third-order valence-electron chi connectivity index (χ3n) is 8.54. The Labute approximate surface area is 257 Å². The van der Waals surface area contributed by atoms with E-state index >= 15 is 0 Å². The molecule has 0 atom stereocenters. The molecule has 0 radical (unpaired) electrons. The molecule has 1 saturated heterocycles. The summed E-state index contributed by atoms with van der Waals surface area (Å²) in [4.78, 5) is 29.7. The van der Waals surface area contributed by atoms with E-state index in [1.165, 1.54) is 5.69 Å². The van der Waals surface area contributed by atoms with Crippen LogP contribution < -0.4 is 29.9 Å². The number of carbonyl (C=O) groups excluding carboxylic acids is 1. The van der Waals surface area contributed by atoms with E-state index in [4.69, 9.17) is 14.5 Å². The molecular weight excluding hydrogens is 554 g/mol. The first-order valence-electron chi connectivity index (χ1n) is 15.2. The van der Waals surface area contributed by atoms with Gasteiger partial charge in [0.1, 0.15) is 13.2 Å². The van der Waals surface area contributed by atoms with Crippen LogP contribution in [0.4, 0.5) is 28.7 Å². The van der Waals surface area contributed by atoms with Gasteiger partial charge in [0, 0.05) is 85.8 Å². The highest BCUT2D eigenvalue weighted by Crippen LogP contribution is 2.32. The average Bonchev–Trinajstić information content (AvgIpc) is 3.06. The summed E-state index contributed by atoms with van der Waals surface area (Å²) in [7, 11) is 2.17. The van der Waals surface area contributed by atoms with Gasteiger partial charge in [-0.05, 0) is 74.1 Å². The maximum Gasteiger partial charge on any atom is 0.255 e. The second-order valence-corrected chi connectivity index (χ2v) is 11.6. The minimum atomic E-state index is -0.192. The molecule has 4 aromatic rings. The average molecular weight is 592 g/mol. The zero-order chi connectivity index (χ0) is 30.0. The van der Waals surface area contributed by atoms with Crippen molar-refractivity contribution in [2.75, 3.05) is 73.4 Å². The number of nitrogens with zero attached hydrogens (tertiary/aromatic N) is 5. The first kappa shape index (κ1) is 28.0. The molecule has 0 bridgehead atoms. The molecule has 10 heteroatoms. The minimum Gasteiger partial charge on any atom is -0.486 e. The number of aryl methyl sites for hydroxylation is 1. The minimum absolute atomic E-state index is 0.192. The van der Waals surface area contributed by atoms with Gasteiger partial charge < -0.3 is 34.8 Å². The zero-order valence-corrected chi connectivity index (χ0v) is 25.2. The van der Waals surface area contributed by atoms with Gasteiger partial charge in [-0.2, -0.15) is 0 Å². The van der Waals surface area contributed by atoms with Crippen molar-refractivity contribution in [3.63, 3.8) is 0 Å². The van der Waals surface area contributed by atoms with Crippen molar-refractivity contribution >= 4 is 34.6 Å². The Bertz CT molecular complexity index is 1670. The predicted octanol–water partition coefficient (Wildman–Crippen LogP) is 4.87. The Morgan fingerprint density at radius 2 is 1.61 bits per heavy atom. The van der Waals surface area contributed by atoms with Gasteiger partial charge in [-0.15, -0.1) is 0 Å². The van der Waals surface area contributed by atoms with Gasteiger partial charge in [0.05, 0.1) is 5.69 Å². The van der Waals surface area contributed by atoms with Gasteiger partial charge in [-0.3, -0.25) is 4.79 Å². The van der Waals surface area contributed by atoms with E-state index in [9.17, 15) is 4.79 Å². The first-order valence-corrected chi connectivity index (χ1v) is 15.2. The number of aromatic nitrogens is 2. The van der Waals surface area contributed by atoms with E-state index in [0.29, 0.717) is 42.8 Å². The fourth-order valence-corrected chi connectivity index (χ4v) is 5.95. The summed E-state index contributed by atoms with van der Waals surface area (Å²) < 4.78 is 11.2. The topological polar surface area (TPSA) is 95.1 Å². The van der Waals surface area contributed by atoms with Crippen molar-refractivity contribution in [1.29, 1.82) is 0 Å². The smallest absolute Gasteiger partial charge is 0.255 e. The second-order valence-electron chi connectivity index (χ2n) is 11.6. The molecule has 3 aliphatic heterocycles. The van der Waals surface area contributed by atoms with Crippen LogP contribution >= 0.6 is 0 Å². The third-order valence-corrected chi connectivity index (χ3v) is 8.54. The molecule has 0 saturated carbocycles. The van der Waals surface area contributed by atoms with Gasteiger partial charge in [0.25, 0.3) is 5.91 Å². The van der Waals surface area contributed by atoms with Crippen LogP contribution in [0, 0.1) is 6.92 Å². The van der Waals surface area contributed by atoms with E-state index in [-0.39, 0.29) is 5.91 Å². The standard InChI is InChI=1S/C34H37N7O3/c1-23-3-5-27(36-33(42)24-4-10-31-32(19-24)44-18-17-43-31)20-30(23)41-12-11-29-25(22-41)21-35-34(38-29)37-26-6-8-28(9-7-26)40-15-13-39(2)14-16-40/h3-10,19-21H,11-18,22H2,1-2H3,(H,36,42)(H,35,37,38). The fraction of sp³-hybridized carbons (Fsp3) is 0.324. The van der Waals surface area contributed by atoms with Crippen molar-refractivity contribution in [2.45, 2.75) is 19.9 Å². The number of ether oxygens (including phenoxy) is 2. The number of nitrogens with one attached hydrogen (secondary N) is 2. The summed E-state index contributed by atoms with van der Waals surface area (Å²) in [5.41, 5.74) is 7.89. The highest BCUT2D eigenvalue weighted by atomic mass is 16.6. The molecule has 3 aliphatic rings. The summed E-state index contributed by atoms with van der Waals surface area (Å²) in [5, 5.41) is 6.43. The quantitative estimate of drug-likeness (QED) is 0.326. The van der Waals surface area contributed by atoms with E-state index in [1.807, 2.05) is 24.4 Å². The number of rotatable bonds is 6. The van der Waals surface area contributed by atoms with Crippen molar-refractivity contribution < 1.29 is 14.3 Å². The van der Waals surface area contributed by atoms with Gasteiger partial charge >= 0.3 is 0 Å². The normalized spacial score (nSPS) is 16.3. The van der Waals surface area contributed by atoms with Gasteiger partial charge in [0.15, 0.2) is 11.5 Å². The van der Waals surface area contributed by atoms with Gasteiger partial charge in [0.2, 0.25) is 5.95 Å². The Kier molecular flexibility index (Phi) is 7.66. The molecule has 3 aromatic carbocycles. The Hall–Kier alpha value is -4.83. The number of benzene rings is 3. The lowest BCUT2D eigenvalue weighted by Gasteiger charge is -2.34. The maximum atomic E-state index is 13.1. The van der Waals surface area contributed by atoms with Crippen molar-refractivity contribution in [3.8, 4) is 11.5 Å². The number of carbonyl (C=O) groups is 1. The third kappa shape index (κ3) is 5.98. The van der Waals surface area contributed by atoms with E-state index < -0.39 is 0 Å². The van der Waals surface area contributed by atoms with E-state index in [2.05, 4.69) is 68.6 Å². The van der Waals surface area contributed by atoms with Crippen molar-refractivity contribution in [2.24, 2.45) is 0 Å². The molecule has 1 amide bonds. The Balaban J connectivity index is 1.000. The maximum absolute atomic E-state index is 13.1. The second kappa shape index (κ2) is 12.0. The van der Waals surface area contributed by atoms with Crippen LogP contribution in [0.25, 0.3) is 0 Å². The summed E-state index contributed by atoms with van der Waals surface area (Å²) in [6.07, 6.45) is 2.74. The largest absolute Gasteiger partial charge is 0.486 e. The molecule has 1 aromatic heterocycles. The first-order chi connectivity index (χ1) is 21.5. The number of piperazine rings is 1. The molecule has 10 nitrogen and oxygen atoms in total. The molecule has 0 aliphatic carbocycles. The van der Waals surface area contributed by atoms with Crippen LogP contribution in [0.1, 0.15) is 27.2 Å². The van der Waals surface area contributed by atoms with Crippen molar-refractivity contribution in [3.05, 3.63) is 89.2 Å². The number of fused-ring (bicyclic) bond motifs is 2. The van der Waals surface area contributed by atoms with E-state index in [0.717, 1.165) is 73.0 Å². The molecule has 4 heterocycles.